The molecule has 0 aromatic heterocycles. The van der Waals surface area contributed by atoms with Gasteiger partial charge in [-0.1, -0.05) is 42.0 Å². The maximum absolute atomic E-state index is 12.7. The molecule has 0 bridgehead atoms. The summed E-state index contributed by atoms with van der Waals surface area (Å²) in [6.07, 6.45) is 0.423. The van der Waals surface area contributed by atoms with Gasteiger partial charge < -0.3 is 15.0 Å². The van der Waals surface area contributed by atoms with Crippen LogP contribution in [0, 0.1) is 20.8 Å². The van der Waals surface area contributed by atoms with Crippen molar-refractivity contribution in [2.75, 3.05) is 32.8 Å². The highest BCUT2D eigenvalue weighted by Gasteiger charge is 2.23. The number of morpholine rings is 1. The van der Waals surface area contributed by atoms with E-state index in [0.717, 1.165) is 49.5 Å². The lowest BCUT2D eigenvalue weighted by molar-refractivity contribution is -0.909. The van der Waals surface area contributed by atoms with E-state index in [0.29, 0.717) is 5.56 Å². The van der Waals surface area contributed by atoms with E-state index >= 15 is 0 Å². The van der Waals surface area contributed by atoms with E-state index in [4.69, 9.17) is 4.74 Å². The van der Waals surface area contributed by atoms with Crippen molar-refractivity contribution in [3.8, 4) is 0 Å². The van der Waals surface area contributed by atoms with E-state index in [-0.39, 0.29) is 30.6 Å². The maximum atomic E-state index is 12.7. The Morgan fingerprint density at radius 1 is 0.967 bits per heavy atom. The van der Waals surface area contributed by atoms with Gasteiger partial charge in [0, 0.05) is 18.4 Å². The number of ether oxygens (including phenoxy) is 1. The molecular weight excluding hydrogens is 376 g/mol. The highest BCUT2D eigenvalue weighted by Crippen LogP contribution is 2.15. The van der Waals surface area contributed by atoms with E-state index in [1.165, 1.54) is 10.5 Å². The van der Waals surface area contributed by atoms with E-state index in [1.807, 2.05) is 32.0 Å². The summed E-state index contributed by atoms with van der Waals surface area (Å²) in [5.74, 6) is -0.0654. The molecule has 0 saturated carbocycles. The van der Waals surface area contributed by atoms with Gasteiger partial charge in [0.1, 0.15) is 25.7 Å². The molecule has 3 rings (SSSR count). The molecule has 1 heterocycles. The molecule has 1 saturated heterocycles. The van der Waals surface area contributed by atoms with Gasteiger partial charge in [0.05, 0.1) is 13.2 Å². The SMILES string of the molecule is Cc1ccc([C@H](C[NH+]2CCOCC2)NC(=O)CCC(=O)c2ccc(C)c(C)c2)cc1. The number of quaternary nitrogens is 1. The van der Waals surface area contributed by atoms with Crippen molar-refractivity contribution in [1.82, 2.24) is 5.32 Å². The van der Waals surface area contributed by atoms with E-state index in [9.17, 15) is 9.59 Å². The third kappa shape index (κ3) is 6.25. The fraction of sp³-hybridized carbons (Fsp3) is 0.440. The molecule has 2 N–H and O–H groups in total. The first kappa shape index (κ1) is 22.2. The lowest BCUT2D eigenvalue weighted by Gasteiger charge is -2.28. The summed E-state index contributed by atoms with van der Waals surface area (Å²) >= 11 is 0. The molecular formula is C25H33N2O3+. The summed E-state index contributed by atoms with van der Waals surface area (Å²) in [5, 5.41) is 3.17. The van der Waals surface area contributed by atoms with E-state index in [2.05, 4.69) is 36.5 Å². The molecule has 1 atom stereocenters. The van der Waals surface area contributed by atoms with Gasteiger partial charge in [0.2, 0.25) is 5.91 Å². The molecule has 1 amide bonds. The Hall–Kier alpha value is -2.50. The third-order valence-electron chi connectivity index (χ3n) is 5.92. The molecule has 1 fully saturated rings. The smallest absolute Gasteiger partial charge is 0.221 e. The third-order valence-corrected chi connectivity index (χ3v) is 5.92. The minimum Gasteiger partial charge on any atom is -0.370 e. The summed E-state index contributed by atoms with van der Waals surface area (Å²) < 4.78 is 5.46. The molecule has 160 valence electrons. The predicted octanol–water partition coefficient (Wildman–Crippen LogP) is 2.35. The molecule has 0 unspecified atom stereocenters. The Kier molecular flexibility index (Phi) is 7.77. The molecule has 0 radical (unpaired) electrons. The van der Waals surface area contributed by atoms with Crippen LogP contribution in [0.5, 0.6) is 0 Å². The maximum Gasteiger partial charge on any atom is 0.221 e. The predicted molar refractivity (Wildman–Crippen MR) is 118 cm³/mol. The molecule has 1 aliphatic rings. The Balaban J connectivity index is 1.61. The van der Waals surface area contributed by atoms with Crippen molar-refractivity contribution >= 4 is 11.7 Å². The van der Waals surface area contributed by atoms with Crippen LogP contribution in [0.2, 0.25) is 0 Å². The normalized spacial score (nSPS) is 15.6. The Morgan fingerprint density at radius 3 is 2.33 bits per heavy atom. The fourth-order valence-electron chi connectivity index (χ4n) is 3.76. The number of ketones is 1. The van der Waals surface area contributed by atoms with Gasteiger partial charge in [0.15, 0.2) is 5.78 Å². The lowest BCUT2D eigenvalue weighted by Crippen LogP contribution is -3.14. The number of aryl methyl sites for hydroxylation is 3. The van der Waals surface area contributed by atoms with Gasteiger partial charge in [-0.25, -0.2) is 0 Å². The fourth-order valence-corrected chi connectivity index (χ4v) is 3.76. The van der Waals surface area contributed by atoms with Gasteiger partial charge in [0.25, 0.3) is 0 Å². The van der Waals surface area contributed by atoms with Crippen LogP contribution in [0.25, 0.3) is 0 Å². The highest BCUT2D eigenvalue weighted by atomic mass is 16.5. The van der Waals surface area contributed by atoms with Crippen LogP contribution >= 0.6 is 0 Å². The van der Waals surface area contributed by atoms with E-state index in [1.54, 1.807) is 0 Å². The average Bonchev–Trinajstić information content (AvgIpc) is 2.75. The van der Waals surface area contributed by atoms with Crippen LogP contribution < -0.4 is 10.2 Å². The van der Waals surface area contributed by atoms with Crippen molar-refractivity contribution in [3.05, 3.63) is 70.3 Å². The molecule has 30 heavy (non-hydrogen) atoms. The topological polar surface area (TPSA) is 59.8 Å². The van der Waals surface area contributed by atoms with Crippen molar-refractivity contribution in [2.45, 2.75) is 39.7 Å². The molecule has 5 heteroatoms. The van der Waals surface area contributed by atoms with Crippen LogP contribution in [0.4, 0.5) is 0 Å². The largest absolute Gasteiger partial charge is 0.370 e. The number of hydrogen-bond donors (Lipinski definition) is 2. The average molecular weight is 410 g/mol. The minimum absolute atomic E-state index is 0.0129. The van der Waals surface area contributed by atoms with Crippen LogP contribution in [0.3, 0.4) is 0 Å². The zero-order valence-electron chi connectivity index (χ0n) is 18.3. The number of benzene rings is 2. The lowest BCUT2D eigenvalue weighted by atomic mass is 10.0. The van der Waals surface area contributed by atoms with Crippen molar-refractivity contribution in [1.29, 1.82) is 0 Å². The summed E-state index contributed by atoms with van der Waals surface area (Å²) in [5.41, 5.74) is 5.24. The van der Waals surface area contributed by atoms with Crippen molar-refractivity contribution < 1.29 is 19.2 Å². The highest BCUT2D eigenvalue weighted by molar-refractivity contribution is 5.98. The van der Waals surface area contributed by atoms with Crippen LogP contribution in [-0.4, -0.2) is 44.5 Å². The second kappa shape index (κ2) is 10.5. The molecule has 2 aromatic rings. The van der Waals surface area contributed by atoms with Crippen molar-refractivity contribution in [3.63, 3.8) is 0 Å². The summed E-state index contributed by atoms with van der Waals surface area (Å²) in [6.45, 7) is 10.3. The summed E-state index contributed by atoms with van der Waals surface area (Å²) in [6, 6.07) is 14.0. The number of Topliss-reactive ketones (excluding diaryl/α,β-unsaturated/α-hetero) is 1. The van der Waals surface area contributed by atoms with Gasteiger partial charge in [-0.3, -0.25) is 9.59 Å². The van der Waals surface area contributed by atoms with Crippen molar-refractivity contribution in [2.24, 2.45) is 0 Å². The number of hydrogen-bond acceptors (Lipinski definition) is 3. The second-order valence-corrected chi connectivity index (χ2v) is 8.32. The van der Waals surface area contributed by atoms with Gasteiger partial charge >= 0.3 is 0 Å². The number of carbonyl (C=O) groups is 2. The van der Waals surface area contributed by atoms with Gasteiger partial charge in [-0.05, 0) is 43.5 Å². The number of nitrogens with one attached hydrogen (secondary N) is 2. The summed E-state index contributed by atoms with van der Waals surface area (Å²) in [4.78, 5) is 26.6. The Bertz CT molecular complexity index is 870. The monoisotopic (exact) mass is 409 g/mol. The first-order chi connectivity index (χ1) is 14.4. The molecule has 2 aromatic carbocycles. The number of amides is 1. The van der Waals surface area contributed by atoms with Crippen LogP contribution in [0.1, 0.15) is 51.5 Å². The summed E-state index contributed by atoms with van der Waals surface area (Å²) in [7, 11) is 0. The van der Waals surface area contributed by atoms with Crippen LogP contribution in [0.15, 0.2) is 42.5 Å². The van der Waals surface area contributed by atoms with Crippen LogP contribution in [-0.2, 0) is 9.53 Å². The molecule has 5 nitrogen and oxygen atoms in total. The molecule has 0 aliphatic carbocycles. The first-order valence-electron chi connectivity index (χ1n) is 10.8. The minimum atomic E-state index is -0.0783. The Labute approximate surface area is 179 Å². The second-order valence-electron chi connectivity index (χ2n) is 8.32. The quantitative estimate of drug-likeness (QED) is 0.658. The zero-order valence-corrected chi connectivity index (χ0v) is 18.3. The first-order valence-corrected chi connectivity index (χ1v) is 10.8. The van der Waals surface area contributed by atoms with Gasteiger partial charge in [-0.15, -0.1) is 0 Å². The zero-order chi connectivity index (χ0) is 21.5. The Morgan fingerprint density at radius 2 is 1.67 bits per heavy atom. The number of rotatable bonds is 8. The molecule has 0 spiro atoms. The number of carbonyl (C=O) groups excluding carboxylic acids is 2. The van der Waals surface area contributed by atoms with E-state index < -0.39 is 0 Å². The van der Waals surface area contributed by atoms with Gasteiger partial charge in [-0.2, -0.15) is 0 Å². The molecule has 1 aliphatic heterocycles. The standard InChI is InChI=1S/C25H32N2O3/c1-18-4-7-21(8-5-18)23(17-27-12-14-30-15-13-27)26-25(29)11-10-24(28)22-9-6-19(2)20(3)16-22/h4-9,16,23H,10-15,17H2,1-3H3,(H,26,29)/p+1/t23-/m0/s1.